The summed E-state index contributed by atoms with van der Waals surface area (Å²) in [6.45, 7) is 6.25. The molecule has 0 N–H and O–H groups in total. The monoisotopic (exact) mass is 376 g/mol. The zero-order valence-electron chi connectivity index (χ0n) is 15.5. The number of nitrogens with zero attached hydrogens (tertiary/aromatic N) is 4. The lowest BCUT2D eigenvalue weighted by Crippen LogP contribution is -2.00. The van der Waals surface area contributed by atoms with Gasteiger partial charge in [-0.15, -0.1) is 10.2 Å². The third kappa shape index (κ3) is 3.66. The molecule has 6 heteroatoms. The van der Waals surface area contributed by atoms with Gasteiger partial charge < -0.3 is 4.42 Å². The maximum absolute atomic E-state index is 5.89. The van der Waals surface area contributed by atoms with E-state index in [4.69, 9.17) is 4.42 Å². The second-order valence-electron chi connectivity index (χ2n) is 6.44. The molecule has 0 aliphatic carbocycles. The van der Waals surface area contributed by atoms with Crippen LogP contribution in [0, 0.1) is 13.8 Å². The molecule has 0 fully saturated rings. The minimum absolute atomic E-state index is 0.0128. The van der Waals surface area contributed by atoms with Crippen molar-refractivity contribution >= 4 is 11.8 Å². The number of aromatic nitrogens is 4. The van der Waals surface area contributed by atoms with Gasteiger partial charge >= 0.3 is 0 Å². The van der Waals surface area contributed by atoms with Crippen molar-refractivity contribution in [1.82, 2.24) is 19.7 Å². The third-order valence-electron chi connectivity index (χ3n) is 4.32. The van der Waals surface area contributed by atoms with E-state index in [1.54, 1.807) is 11.8 Å². The predicted octanol–water partition coefficient (Wildman–Crippen LogP) is 5.39. The molecule has 5 nitrogen and oxygen atoms in total. The van der Waals surface area contributed by atoms with Gasteiger partial charge in [-0.2, -0.15) is 0 Å². The van der Waals surface area contributed by atoms with E-state index < -0.39 is 0 Å². The van der Waals surface area contributed by atoms with E-state index in [-0.39, 0.29) is 5.25 Å². The van der Waals surface area contributed by atoms with E-state index >= 15 is 0 Å². The zero-order chi connectivity index (χ0) is 18.8. The van der Waals surface area contributed by atoms with Crippen LogP contribution in [0.1, 0.15) is 29.2 Å². The second kappa shape index (κ2) is 7.40. The summed E-state index contributed by atoms with van der Waals surface area (Å²) in [5.41, 5.74) is 4.48. The predicted molar refractivity (Wildman–Crippen MR) is 107 cm³/mol. The first kappa shape index (κ1) is 17.5. The molecule has 1 unspecified atom stereocenters. The molecule has 0 saturated carbocycles. The minimum atomic E-state index is -0.0128. The van der Waals surface area contributed by atoms with Crippen molar-refractivity contribution in [3.05, 3.63) is 77.9 Å². The molecule has 4 rings (SSSR count). The summed E-state index contributed by atoms with van der Waals surface area (Å²) in [4.78, 5) is 4.53. The van der Waals surface area contributed by atoms with Crippen LogP contribution in [-0.4, -0.2) is 19.7 Å². The number of hydrogen-bond donors (Lipinski definition) is 0. The quantitative estimate of drug-likeness (QED) is 0.437. The molecule has 4 aromatic rings. The van der Waals surface area contributed by atoms with E-state index in [1.807, 2.05) is 42.7 Å². The maximum Gasteiger partial charge on any atom is 0.247 e. The lowest BCUT2D eigenvalue weighted by Gasteiger charge is -2.13. The molecule has 2 aromatic heterocycles. The van der Waals surface area contributed by atoms with Gasteiger partial charge in [-0.3, -0.25) is 4.57 Å². The number of hydrogen-bond acceptors (Lipinski definition) is 5. The van der Waals surface area contributed by atoms with Gasteiger partial charge in [-0.05, 0) is 50.1 Å². The highest BCUT2D eigenvalue weighted by atomic mass is 32.2. The van der Waals surface area contributed by atoms with Crippen molar-refractivity contribution in [2.75, 3.05) is 0 Å². The van der Waals surface area contributed by atoms with Crippen molar-refractivity contribution in [3.8, 4) is 17.1 Å². The minimum Gasteiger partial charge on any atom is -0.419 e. The van der Waals surface area contributed by atoms with Crippen LogP contribution in [0.5, 0.6) is 0 Å². The molecule has 0 radical (unpaired) electrons. The van der Waals surface area contributed by atoms with Gasteiger partial charge in [0.15, 0.2) is 5.16 Å². The first-order valence-corrected chi connectivity index (χ1v) is 9.66. The van der Waals surface area contributed by atoms with Crippen LogP contribution in [-0.2, 0) is 0 Å². The fourth-order valence-corrected chi connectivity index (χ4v) is 3.75. The van der Waals surface area contributed by atoms with Gasteiger partial charge in [0.25, 0.3) is 0 Å². The van der Waals surface area contributed by atoms with Crippen LogP contribution in [0.3, 0.4) is 0 Å². The first-order valence-electron chi connectivity index (χ1n) is 8.78. The highest BCUT2D eigenvalue weighted by Crippen LogP contribution is 2.35. The Hall–Kier alpha value is -2.86. The molecule has 0 saturated heterocycles. The molecule has 136 valence electrons. The highest BCUT2D eigenvalue weighted by Gasteiger charge is 2.19. The average molecular weight is 376 g/mol. The van der Waals surface area contributed by atoms with Crippen LogP contribution in [0.2, 0.25) is 0 Å². The number of imidazole rings is 1. The Morgan fingerprint density at radius 1 is 1.04 bits per heavy atom. The molecule has 2 aromatic carbocycles. The molecule has 0 spiro atoms. The summed E-state index contributed by atoms with van der Waals surface area (Å²) >= 11 is 1.60. The summed E-state index contributed by atoms with van der Waals surface area (Å²) in [5, 5.41) is 9.30. The van der Waals surface area contributed by atoms with Gasteiger partial charge in [-0.1, -0.05) is 42.1 Å². The molecular weight excluding hydrogens is 356 g/mol. The van der Waals surface area contributed by atoms with Crippen LogP contribution < -0.4 is 0 Å². The van der Waals surface area contributed by atoms with Crippen LogP contribution in [0.25, 0.3) is 17.1 Å². The molecule has 27 heavy (non-hydrogen) atoms. The first-order chi connectivity index (χ1) is 13.1. The Labute approximate surface area is 162 Å². The summed E-state index contributed by atoms with van der Waals surface area (Å²) in [5.74, 6) is 1.13. The van der Waals surface area contributed by atoms with Crippen molar-refractivity contribution in [2.24, 2.45) is 0 Å². The SMILES string of the molecule is Cc1ccc(C)c(-n2ccnc2SC(C)c2nnc(-c3ccccc3)o2)c1. The van der Waals surface area contributed by atoms with Crippen LogP contribution in [0.15, 0.2) is 70.5 Å². The molecule has 0 aliphatic rings. The van der Waals surface area contributed by atoms with Gasteiger partial charge in [0, 0.05) is 18.0 Å². The average Bonchev–Trinajstić information content (AvgIpc) is 3.34. The largest absolute Gasteiger partial charge is 0.419 e. The molecule has 0 bridgehead atoms. The van der Waals surface area contributed by atoms with Gasteiger partial charge in [0.05, 0.1) is 10.9 Å². The molecule has 0 aliphatic heterocycles. The van der Waals surface area contributed by atoms with Crippen molar-refractivity contribution in [3.63, 3.8) is 0 Å². The molecular formula is C21H20N4OS. The topological polar surface area (TPSA) is 56.7 Å². The van der Waals surface area contributed by atoms with E-state index in [0.717, 1.165) is 16.4 Å². The number of benzene rings is 2. The normalized spacial score (nSPS) is 12.3. The lowest BCUT2D eigenvalue weighted by molar-refractivity contribution is 0.509. The van der Waals surface area contributed by atoms with Gasteiger partial charge in [0.1, 0.15) is 0 Å². The van der Waals surface area contributed by atoms with Crippen molar-refractivity contribution in [2.45, 2.75) is 31.2 Å². The molecule has 2 heterocycles. The van der Waals surface area contributed by atoms with E-state index in [0.29, 0.717) is 11.8 Å². The summed E-state index contributed by atoms with van der Waals surface area (Å²) in [7, 11) is 0. The smallest absolute Gasteiger partial charge is 0.247 e. The van der Waals surface area contributed by atoms with Crippen LogP contribution in [0.4, 0.5) is 0 Å². The highest BCUT2D eigenvalue weighted by molar-refractivity contribution is 7.99. The van der Waals surface area contributed by atoms with Crippen molar-refractivity contribution < 1.29 is 4.42 Å². The number of aryl methyl sites for hydroxylation is 2. The molecule has 0 amide bonds. The second-order valence-corrected chi connectivity index (χ2v) is 7.75. The number of thioether (sulfide) groups is 1. The van der Waals surface area contributed by atoms with E-state index in [9.17, 15) is 0 Å². The Morgan fingerprint density at radius 3 is 2.67 bits per heavy atom. The standard InChI is InChI=1S/C21H20N4OS/c1-14-9-10-15(2)18(13-14)25-12-11-22-21(25)27-16(3)19-23-24-20(26-19)17-7-5-4-6-8-17/h4-13,16H,1-3H3. The van der Waals surface area contributed by atoms with E-state index in [2.05, 4.69) is 58.7 Å². The summed E-state index contributed by atoms with van der Waals surface area (Å²) in [6.07, 6.45) is 3.81. The van der Waals surface area contributed by atoms with Gasteiger partial charge in [-0.25, -0.2) is 4.98 Å². The van der Waals surface area contributed by atoms with E-state index in [1.165, 1.54) is 11.1 Å². The lowest BCUT2D eigenvalue weighted by atomic mass is 10.1. The van der Waals surface area contributed by atoms with Gasteiger partial charge in [0.2, 0.25) is 11.8 Å². The number of rotatable bonds is 5. The third-order valence-corrected chi connectivity index (χ3v) is 5.39. The fraction of sp³-hybridized carbons (Fsp3) is 0.190. The molecule has 1 atom stereocenters. The van der Waals surface area contributed by atoms with Crippen LogP contribution >= 0.6 is 11.8 Å². The summed E-state index contributed by atoms with van der Waals surface area (Å²) < 4.78 is 8.00. The Kier molecular flexibility index (Phi) is 4.81. The fourth-order valence-electron chi connectivity index (χ4n) is 2.84. The zero-order valence-corrected chi connectivity index (χ0v) is 16.3. The summed E-state index contributed by atoms with van der Waals surface area (Å²) in [6, 6.07) is 16.2. The Balaban J connectivity index is 1.58. The Bertz CT molecular complexity index is 1060. The van der Waals surface area contributed by atoms with Crippen molar-refractivity contribution in [1.29, 1.82) is 0 Å². The Morgan fingerprint density at radius 2 is 1.85 bits per heavy atom. The maximum atomic E-state index is 5.89.